The monoisotopic (exact) mass is 303 g/mol. The van der Waals surface area contributed by atoms with E-state index in [2.05, 4.69) is 0 Å². The van der Waals surface area contributed by atoms with Gasteiger partial charge in [0.25, 0.3) is 0 Å². The summed E-state index contributed by atoms with van der Waals surface area (Å²) in [6.45, 7) is 0.197. The minimum atomic E-state index is -3.63. The van der Waals surface area contributed by atoms with Gasteiger partial charge in [0, 0.05) is 0 Å². The van der Waals surface area contributed by atoms with Gasteiger partial charge in [0.15, 0.2) is 9.84 Å². The summed E-state index contributed by atoms with van der Waals surface area (Å²) in [5.41, 5.74) is 5.37. The van der Waals surface area contributed by atoms with Crippen molar-refractivity contribution in [3.05, 3.63) is 52.7 Å². The zero-order valence-corrected chi connectivity index (χ0v) is 11.3. The molecule has 0 aliphatic rings. The molecule has 2 N–H and O–H groups in total. The summed E-state index contributed by atoms with van der Waals surface area (Å²) in [5, 5.41) is -0.233. The van der Waals surface area contributed by atoms with Crippen LogP contribution < -0.4 is 5.73 Å². The fraction of sp³-hybridized carbons (Fsp3) is 0.167. The van der Waals surface area contributed by atoms with Gasteiger partial charge in [-0.2, -0.15) is 0 Å². The second-order valence-electron chi connectivity index (χ2n) is 3.91. The van der Waals surface area contributed by atoms with Crippen LogP contribution in [0.2, 0.25) is 5.02 Å². The van der Waals surface area contributed by atoms with E-state index in [0.29, 0.717) is 5.76 Å². The van der Waals surface area contributed by atoms with E-state index >= 15 is 0 Å². The smallest absolute Gasteiger partial charge is 0.185 e. The summed E-state index contributed by atoms with van der Waals surface area (Å²) in [4.78, 5) is -0.0513. The number of halogens is 2. The molecule has 0 amide bonds. The van der Waals surface area contributed by atoms with E-state index in [1.807, 2.05) is 0 Å². The van der Waals surface area contributed by atoms with Crippen LogP contribution in [0.3, 0.4) is 0 Å². The zero-order chi connectivity index (χ0) is 14.0. The van der Waals surface area contributed by atoms with E-state index < -0.39 is 15.7 Å². The van der Waals surface area contributed by atoms with Crippen molar-refractivity contribution in [2.24, 2.45) is 5.73 Å². The molecule has 1 aromatic carbocycles. The molecule has 1 heterocycles. The molecule has 0 atom stereocenters. The second-order valence-corrected chi connectivity index (χ2v) is 6.30. The zero-order valence-electron chi connectivity index (χ0n) is 9.77. The highest BCUT2D eigenvalue weighted by Gasteiger charge is 2.19. The molecule has 0 saturated carbocycles. The maximum Gasteiger partial charge on any atom is 0.185 e. The van der Waals surface area contributed by atoms with E-state index in [0.717, 1.165) is 12.1 Å². The lowest BCUT2D eigenvalue weighted by molar-refractivity contribution is 0.477. The van der Waals surface area contributed by atoms with Gasteiger partial charge in [-0.3, -0.25) is 0 Å². The van der Waals surface area contributed by atoms with E-state index in [9.17, 15) is 12.8 Å². The first-order valence-corrected chi connectivity index (χ1v) is 7.41. The SMILES string of the molecule is NCc1ccc(CS(=O)(=O)c2ccc(F)c(Cl)c2)o1. The molecule has 0 unspecified atom stereocenters. The molecule has 0 aliphatic heterocycles. The third-order valence-electron chi connectivity index (χ3n) is 2.50. The minimum absolute atomic E-state index is 0.0513. The highest BCUT2D eigenvalue weighted by molar-refractivity contribution is 7.90. The van der Waals surface area contributed by atoms with Crippen molar-refractivity contribution in [2.45, 2.75) is 17.2 Å². The average Bonchev–Trinajstić information content (AvgIpc) is 2.79. The minimum Gasteiger partial charge on any atom is -0.464 e. The van der Waals surface area contributed by atoms with E-state index in [4.69, 9.17) is 21.8 Å². The van der Waals surface area contributed by atoms with Gasteiger partial charge < -0.3 is 10.2 Å². The topological polar surface area (TPSA) is 73.3 Å². The molecule has 102 valence electrons. The maximum atomic E-state index is 13.0. The van der Waals surface area contributed by atoms with E-state index in [-0.39, 0.29) is 28.0 Å². The van der Waals surface area contributed by atoms with Crippen LogP contribution in [0, 0.1) is 5.82 Å². The van der Waals surface area contributed by atoms with Crippen LogP contribution in [0.25, 0.3) is 0 Å². The second kappa shape index (κ2) is 5.32. The van der Waals surface area contributed by atoms with Crippen molar-refractivity contribution >= 4 is 21.4 Å². The highest BCUT2D eigenvalue weighted by atomic mass is 35.5. The molecule has 1 aromatic heterocycles. The Morgan fingerprint density at radius 2 is 1.89 bits per heavy atom. The lowest BCUT2D eigenvalue weighted by Crippen LogP contribution is -2.04. The van der Waals surface area contributed by atoms with Crippen molar-refractivity contribution in [3.63, 3.8) is 0 Å². The summed E-state index contributed by atoms with van der Waals surface area (Å²) in [5.74, 6) is -0.207. The van der Waals surface area contributed by atoms with Gasteiger partial charge >= 0.3 is 0 Å². The van der Waals surface area contributed by atoms with Gasteiger partial charge in [0.05, 0.1) is 16.5 Å². The Bertz CT molecular complexity index is 697. The van der Waals surface area contributed by atoms with Crippen LogP contribution in [0.1, 0.15) is 11.5 Å². The summed E-state index contributed by atoms with van der Waals surface area (Å²) in [6, 6.07) is 6.43. The molecule has 0 fully saturated rings. The van der Waals surface area contributed by atoms with Gasteiger partial charge in [-0.1, -0.05) is 11.6 Å². The van der Waals surface area contributed by atoms with Crippen LogP contribution in [-0.2, 0) is 22.1 Å². The standard InChI is InChI=1S/C12H11ClFNO3S/c13-11-5-10(3-4-12(11)14)19(16,17)7-9-2-1-8(6-15)18-9/h1-5H,6-7,15H2. The number of furan rings is 1. The summed E-state index contributed by atoms with van der Waals surface area (Å²) < 4.78 is 42.4. The number of nitrogens with two attached hydrogens (primary N) is 1. The summed E-state index contributed by atoms with van der Waals surface area (Å²) in [7, 11) is -3.63. The van der Waals surface area contributed by atoms with E-state index in [1.54, 1.807) is 12.1 Å². The molecule has 4 nitrogen and oxygen atoms in total. The lowest BCUT2D eigenvalue weighted by atomic mass is 10.3. The Hall–Kier alpha value is -1.37. The number of hydrogen-bond acceptors (Lipinski definition) is 4. The Morgan fingerprint density at radius 1 is 1.21 bits per heavy atom. The molecule has 0 aliphatic carbocycles. The van der Waals surface area contributed by atoms with Crippen molar-refractivity contribution in [2.75, 3.05) is 0 Å². The Kier molecular flexibility index (Phi) is 3.93. The van der Waals surface area contributed by atoms with Crippen LogP contribution in [0.5, 0.6) is 0 Å². The van der Waals surface area contributed by atoms with Gasteiger partial charge in [0.2, 0.25) is 0 Å². The van der Waals surface area contributed by atoms with Crippen molar-refractivity contribution in [3.8, 4) is 0 Å². The first kappa shape index (κ1) is 14.0. The van der Waals surface area contributed by atoms with Gasteiger partial charge in [-0.05, 0) is 30.3 Å². The number of hydrogen-bond donors (Lipinski definition) is 1. The van der Waals surface area contributed by atoms with Crippen molar-refractivity contribution in [1.82, 2.24) is 0 Å². The van der Waals surface area contributed by atoms with Gasteiger partial charge in [0.1, 0.15) is 23.1 Å². The molecular formula is C12H11ClFNO3S. The highest BCUT2D eigenvalue weighted by Crippen LogP contribution is 2.23. The lowest BCUT2D eigenvalue weighted by Gasteiger charge is -2.03. The van der Waals surface area contributed by atoms with Gasteiger partial charge in [-0.25, -0.2) is 12.8 Å². The Balaban J connectivity index is 2.29. The fourth-order valence-electron chi connectivity index (χ4n) is 1.55. The molecule has 0 saturated heterocycles. The Labute approximate surface area is 114 Å². The van der Waals surface area contributed by atoms with Crippen LogP contribution >= 0.6 is 11.6 Å². The first-order valence-electron chi connectivity index (χ1n) is 5.38. The predicted molar refractivity (Wildman–Crippen MR) is 68.9 cm³/mol. The van der Waals surface area contributed by atoms with Crippen LogP contribution in [-0.4, -0.2) is 8.42 Å². The third-order valence-corrected chi connectivity index (χ3v) is 4.43. The average molecular weight is 304 g/mol. The molecule has 19 heavy (non-hydrogen) atoms. The number of benzene rings is 1. The first-order chi connectivity index (χ1) is 8.92. The van der Waals surface area contributed by atoms with Crippen LogP contribution in [0.15, 0.2) is 39.6 Å². The molecule has 0 radical (unpaired) electrons. The molecule has 0 spiro atoms. The Morgan fingerprint density at radius 3 is 2.47 bits per heavy atom. The third kappa shape index (κ3) is 3.15. The number of rotatable bonds is 4. The van der Waals surface area contributed by atoms with Crippen molar-refractivity contribution in [1.29, 1.82) is 0 Å². The predicted octanol–water partition coefficient (Wildman–Crippen LogP) is 2.50. The summed E-state index contributed by atoms with van der Waals surface area (Å²) >= 11 is 5.57. The van der Waals surface area contributed by atoms with E-state index in [1.165, 1.54) is 6.07 Å². The number of sulfone groups is 1. The molecular weight excluding hydrogens is 293 g/mol. The largest absolute Gasteiger partial charge is 0.464 e. The normalized spacial score (nSPS) is 11.7. The van der Waals surface area contributed by atoms with Crippen molar-refractivity contribution < 1.29 is 17.2 Å². The maximum absolute atomic E-state index is 13.0. The quantitative estimate of drug-likeness (QED) is 0.881. The molecule has 2 rings (SSSR count). The molecule has 7 heteroatoms. The summed E-state index contributed by atoms with van der Waals surface area (Å²) in [6.07, 6.45) is 0. The molecule has 0 bridgehead atoms. The van der Waals surface area contributed by atoms with Crippen LogP contribution in [0.4, 0.5) is 4.39 Å². The fourth-order valence-corrected chi connectivity index (χ4v) is 3.06. The molecule has 2 aromatic rings. The van der Waals surface area contributed by atoms with Gasteiger partial charge in [-0.15, -0.1) is 0 Å².